The largest absolute Gasteiger partial charge is 0.515 e. The average Bonchev–Trinajstić information content (AvgIpc) is 2.91. The minimum Gasteiger partial charge on any atom is -0.515 e. The van der Waals surface area contributed by atoms with E-state index in [9.17, 15) is 8.78 Å². The number of rotatable bonds is 6. The van der Waals surface area contributed by atoms with Gasteiger partial charge in [0.05, 0.1) is 18.8 Å². The maximum atomic E-state index is 12.4. The molecule has 4 nitrogen and oxygen atoms in total. The van der Waals surface area contributed by atoms with E-state index in [1.807, 2.05) is 17.9 Å². The number of aromatic nitrogens is 1. The number of aliphatic hydroxyl groups excluding tert-OH is 1. The van der Waals surface area contributed by atoms with E-state index in [2.05, 4.69) is 16.6 Å². The molecule has 1 atom stereocenters. The van der Waals surface area contributed by atoms with Crippen molar-refractivity contribution >= 4 is 23.5 Å². The summed E-state index contributed by atoms with van der Waals surface area (Å²) in [5.74, 6) is 0. The van der Waals surface area contributed by atoms with E-state index in [4.69, 9.17) is 16.7 Å². The third-order valence-corrected chi connectivity index (χ3v) is 4.35. The van der Waals surface area contributed by atoms with Crippen molar-refractivity contribution in [3.8, 4) is 0 Å². The molecule has 2 rings (SSSR count). The molecule has 0 saturated heterocycles. The summed E-state index contributed by atoms with van der Waals surface area (Å²) in [6.45, 7) is 7.69. The normalized spacial score (nSPS) is 16.9. The quantitative estimate of drug-likeness (QED) is 0.345. The van der Waals surface area contributed by atoms with E-state index < -0.39 is 13.0 Å². The van der Waals surface area contributed by atoms with Crippen LogP contribution in [0.15, 0.2) is 47.3 Å². The molecule has 7 heteroatoms. The molecule has 0 radical (unpaired) electrons. The summed E-state index contributed by atoms with van der Waals surface area (Å²) in [4.78, 5) is 9.88. The SMILES string of the molecule is C=C1c2ccnc(Cl)c2CN1C(C)C(/C=N\CC(F)F)=C/C(C)=C/O. The number of alkyl halides is 2. The molecule has 1 aliphatic heterocycles. The van der Waals surface area contributed by atoms with Gasteiger partial charge in [-0.15, -0.1) is 0 Å². The fourth-order valence-electron chi connectivity index (χ4n) is 2.66. The molecule has 0 aliphatic carbocycles. The van der Waals surface area contributed by atoms with Gasteiger partial charge in [0.15, 0.2) is 0 Å². The Bertz CT molecular complexity index is 744. The third kappa shape index (κ3) is 4.45. The minimum atomic E-state index is -2.50. The first-order valence-corrected chi connectivity index (χ1v) is 8.12. The van der Waals surface area contributed by atoms with Crippen LogP contribution < -0.4 is 0 Å². The van der Waals surface area contributed by atoms with E-state index in [0.717, 1.165) is 23.1 Å². The molecule has 134 valence electrons. The van der Waals surface area contributed by atoms with Crippen LogP contribution in [0.5, 0.6) is 0 Å². The number of aliphatic imine (C=N–C) groups is 1. The zero-order valence-corrected chi connectivity index (χ0v) is 14.8. The van der Waals surface area contributed by atoms with Gasteiger partial charge in [0.1, 0.15) is 5.15 Å². The molecule has 1 aliphatic rings. The molecule has 0 spiro atoms. The van der Waals surface area contributed by atoms with Crippen LogP contribution in [0.2, 0.25) is 5.15 Å². The van der Waals surface area contributed by atoms with Gasteiger partial charge < -0.3 is 10.0 Å². The van der Waals surface area contributed by atoms with Gasteiger partial charge in [-0.05, 0) is 37.1 Å². The lowest BCUT2D eigenvalue weighted by atomic mass is 10.1. The van der Waals surface area contributed by atoms with E-state index in [1.165, 1.54) is 6.21 Å². The Morgan fingerprint density at radius 3 is 2.88 bits per heavy atom. The molecule has 25 heavy (non-hydrogen) atoms. The first-order chi connectivity index (χ1) is 11.8. The average molecular weight is 368 g/mol. The minimum absolute atomic E-state index is 0.202. The number of aliphatic hydroxyl groups is 1. The lowest BCUT2D eigenvalue weighted by Crippen LogP contribution is -2.29. The van der Waals surface area contributed by atoms with Crippen LogP contribution in [0.25, 0.3) is 5.70 Å². The van der Waals surface area contributed by atoms with Gasteiger partial charge in [-0.25, -0.2) is 13.8 Å². The van der Waals surface area contributed by atoms with Crippen LogP contribution >= 0.6 is 11.6 Å². The highest BCUT2D eigenvalue weighted by Crippen LogP contribution is 2.37. The zero-order valence-electron chi connectivity index (χ0n) is 14.1. The molecule has 0 saturated carbocycles. The molecule has 0 amide bonds. The van der Waals surface area contributed by atoms with E-state index in [0.29, 0.717) is 22.8 Å². The van der Waals surface area contributed by atoms with Crippen molar-refractivity contribution in [2.45, 2.75) is 32.9 Å². The molecular formula is C18H20ClF2N3O. The summed E-state index contributed by atoms with van der Waals surface area (Å²) in [5, 5.41) is 9.57. The standard InChI is InChI=1S/C18H20ClF2N3O/c1-11(10-25)6-14(7-22-8-17(20)21)12(2)24-9-16-15(13(24)3)4-5-23-18(16)19/h4-7,10,12,17,25H,3,8-9H2,1-2H3/b11-10+,14-6+,22-7-. The Kier molecular flexibility index (Phi) is 6.31. The maximum Gasteiger partial charge on any atom is 0.257 e. The third-order valence-electron chi connectivity index (χ3n) is 4.02. The Balaban J connectivity index is 2.30. The summed E-state index contributed by atoms with van der Waals surface area (Å²) < 4.78 is 24.7. The first-order valence-electron chi connectivity index (χ1n) is 7.75. The van der Waals surface area contributed by atoms with Crippen molar-refractivity contribution < 1.29 is 13.9 Å². The topological polar surface area (TPSA) is 48.7 Å². The predicted octanol–water partition coefficient (Wildman–Crippen LogP) is 4.63. The molecule has 0 bridgehead atoms. The number of fused-ring (bicyclic) bond motifs is 1. The van der Waals surface area contributed by atoms with Gasteiger partial charge >= 0.3 is 0 Å². The molecule has 0 aromatic carbocycles. The van der Waals surface area contributed by atoms with E-state index in [1.54, 1.807) is 19.2 Å². The van der Waals surface area contributed by atoms with Crippen molar-refractivity contribution in [1.29, 1.82) is 0 Å². The molecule has 1 N–H and O–H groups in total. The van der Waals surface area contributed by atoms with Crippen molar-refractivity contribution in [2.75, 3.05) is 6.54 Å². The molecular weight excluding hydrogens is 348 g/mol. The summed E-state index contributed by atoms with van der Waals surface area (Å²) >= 11 is 6.16. The zero-order chi connectivity index (χ0) is 18.6. The number of hydrogen-bond acceptors (Lipinski definition) is 4. The molecule has 0 fully saturated rings. The molecule has 1 aromatic heterocycles. The van der Waals surface area contributed by atoms with Crippen LogP contribution in [-0.2, 0) is 6.54 Å². The van der Waals surface area contributed by atoms with Crippen LogP contribution in [0, 0.1) is 0 Å². The Hall–Kier alpha value is -2.21. The number of pyridine rings is 1. The van der Waals surface area contributed by atoms with Crippen molar-refractivity contribution in [1.82, 2.24) is 9.88 Å². The lowest BCUT2D eigenvalue weighted by molar-refractivity contribution is 0.159. The van der Waals surface area contributed by atoms with Crippen molar-refractivity contribution in [2.24, 2.45) is 4.99 Å². The van der Waals surface area contributed by atoms with Gasteiger partial charge in [-0.1, -0.05) is 18.2 Å². The molecule has 1 unspecified atom stereocenters. The molecule has 2 heterocycles. The maximum absolute atomic E-state index is 12.4. The van der Waals surface area contributed by atoms with Crippen molar-refractivity contribution in [3.63, 3.8) is 0 Å². The highest BCUT2D eigenvalue weighted by atomic mass is 35.5. The first kappa shape index (κ1) is 19.1. The lowest BCUT2D eigenvalue weighted by Gasteiger charge is -2.28. The number of nitrogens with zero attached hydrogens (tertiary/aromatic N) is 3. The van der Waals surface area contributed by atoms with Crippen LogP contribution in [0.1, 0.15) is 25.0 Å². The fraction of sp³-hybridized carbons (Fsp3) is 0.333. The van der Waals surface area contributed by atoms with Crippen LogP contribution in [0.3, 0.4) is 0 Å². The Morgan fingerprint density at radius 2 is 2.28 bits per heavy atom. The van der Waals surface area contributed by atoms with Gasteiger partial charge in [0.25, 0.3) is 6.43 Å². The van der Waals surface area contributed by atoms with Gasteiger partial charge in [0, 0.05) is 35.8 Å². The van der Waals surface area contributed by atoms with Crippen molar-refractivity contribution in [3.05, 3.63) is 58.6 Å². The highest BCUT2D eigenvalue weighted by molar-refractivity contribution is 6.30. The second kappa shape index (κ2) is 8.25. The van der Waals surface area contributed by atoms with Gasteiger partial charge in [0.2, 0.25) is 0 Å². The smallest absolute Gasteiger partial charge is 0.257 e. The monoisotopic (exact) mass is 367 g/mol. The predicted molar refractivity (Wildman–Crippen MR) is 97.1 cm³/mol. The Labute approximate surface area is 150 Å². The second-order valence-electron chi connectivity index (χ2n) is 5.78. The summed E-state index contributed by atoms with van der Waals surface area (Å²) in [6.07, 6.45) is 3.20. The van der Waals surface area contributed by atoms with Gasteiger partial charge in [-0.2, -0.15) is 0 Å². The van der Waals surface area contributed by atoms with E-state index in [-0.39, 0.29) is 6.04 Å². The number of halogens is 3. The van der Waals surface area contributed by atoms with Crippen LogP contribution in [-0.4, -0.2) is 40.2 Å². The van der Waals surface area contributed by atoms with Crippen LogP contribution in [0.4, 0.5) is 8.78 Å². The fourth-order valence-corrected chi connectivity index (χ4v) is 2.88. The van der Waals surface area contributed by atoms with E-state index >= 15 is 0 Å². The second-order valence-corrected chi connectivity index (χ2v) is 6.14. The highest BCUT2D eigenvalue weighted by Gasteiger charge is 2.29. The summed E-state index contributed by atoms with van der Waals surface area (Å²) in [7, 11) is 0. The summed E-state index contributed by atoms with van der Waals surface area (Å²) in [5.41, 5.74) is 3.86. The number of allylic oxidation sites excluding steroid dienone is 2. The summed E-state index contributed by atoms with van der Waals surface area (Å²) in [6, 6.07) is 1.65. The number of hydrogen-bond donors (Lipinski definition) is 1. The Morgan fingerprint density at radius 1 is 1.56 bits per heavy atom. The molecule has 1 aromatic rings. The van der Waals surface area contributed by atoms with Gasteiger partial charge in [-0.3, -0.25) is 4.99 Å².